The third kappa shape index (κ3) is 8.69. The average molecular weight is 262 g/mol. The molecular formula is C7H10F8O. The van der Waals surface area contributed by atoms with Crippen LogP contribution in [0.4, 0.5) is 35.1 Å². The molecule has 1 nitrogen and oxygen atoms in total. The molecule has 0 aromatic carbocycles. The van der Waals surface area contributed by atoms with E-state index in [0.717, 1.165) is 6.92 Å². The van der Waals surface area contributed by atoms with E-state index in [4.69, 9.17) is 0 Å². The van der Waals surface area contributed by atoms with E-state index in [1.54, 1.807) is 0 Å². The molecule has 0 saturated heterocycles. The van der Waals surface area contributed by atoms with Gasteiger partial charge in [0.05, 0.1) is 6.61 Å². The SMILES string of the molecule is CC(F)(F)F.CCOC(F)(F)C(F)(F)CF. The van der Waals surface area contributed by atoms with E-state index < -0.39 is 31.5 Å². The van der Waals surface area contributed by atoms with Crippen LogP contribution in [-0.4, -0.2) is 31.5 Å². The van der Waals surface area contributed by atoms with E-state index in [2.05, 4.69) is 4.74 Å². The summed E-state index contributed by atoms with van der Waals surface area (Å²) in [5.74, 6) is -4.73. The van der Waals surface area contributed by atoms with Gasteiger partial charge in [0, 0.05) is 6.92 Å². The van der Waals surface area contributed by atoms with Crippen molar-refractivity contribution in [2.45, 2.75) is 32.1 Å². The summed E-state index contributed by atoms with van der Waals surface area (Å²) in [5.41, 5.74) is 0. The zero-order valence-corrected chi connectivity index (χ0v) is 8.35. The maximum absolute atomic E-state index is 12.0. The van der Waals surface area contributed by atoms with Crippen LogP contribution in [0.3, 0.4) is 0 Å². The highest BCUT2D eigenvalue weighted by atomic mass is 19.4. The Hall–Kier alpha value is -0.600. The van der Waals surface area contributed by atoms with E-state index >= 15 is 0 Å². The standard InChI is InChI=1S/C5H7F5O.C2H3F3/c1-2-11-5(9,10)4(7,8)3-6;1-2(3,4)5/h2-3H2,1H3;1H3. The lowest BCUT2D eigenvalue weighted by molar-refractivity contribution is -0.348. The number of hydrogen-bond acceptors (Lipinski definition) is 1. The lowest BCUT2D eigenvalue weighted by Gasteiger charge is -2.22. The van der Waals surface area contributed by atoms with E-state index in [9.17, 15) is 35.1 Å². The molecule has 9 heteroatoms. The van der Waals surface area contributed by atoms with Gasteiger partial charge in [0.2, 0.25) is 0 Å². The lowest BCUT2D eigenvalue weighted by Crippen LogP contribution is -2.44. The van der Waals surface area contributed by atoms with Gasteiger partial charge >= 0.3 is 18.2 Å². The summed E-state index contributed by atoms with van der Waals surface area (Å²) in [6, 6.07) is 0. The highest BCUT2D eigenvalue weighted by Gasteiger charge is 2.57. The smallest absolute Gasteiger partial charge is 0.316 e. The molecule has 0 unspecified atom stereocenters. The first-order valence-corrected chi connectivity index (χ1v) is 3.89. The van der Waals surface area contributed by atoms with Crippen LogP contribution in [0.5, 0.6) is 0 Å². The van der Waals surface area contributed by atoms with E-state index in [1.165, 1.54) is 0 Å². The van der Waals surface area contributed by atoms with Crippen LogP contribution in [0, 0.1) is 0 Å². The molecule has 0 fully saturated rings. The largest absolute Gasteiger partial charge is 0.422 e. The molecule has 100 valence electrons. The average Bonchev–Trinajstić information content (AvgIpc) is 2.00. The van der Waals surface area contributed by atoms with Gasteiger partial charge in [-0.05, 0) is 6.92 Å². The summed E-state index contributed by atoms with van der Waals surface area (Å²) in [7, 11) is 0. The second kappa shape index (κ2) is 6.21. The van der Waals surface area contributed by atoms with Crippen LogP contribution < -0.4 is 0 Å². The summed E-state index contributed by atoms with van der Waals surface area (Å²) in [6.45, 7) is -1.72. The van der Waals surface area contributed by atoms with Gasteiger partial charge in [0.15, 0.2) is 6.67 Å². The Morgan fingerprint density at radius 1 is 0.938 bits per heavy atom. The number of rotatable bonds is 4. The third-order valence-electron chi connectivity index (χ3n) is 0.919. The van der Waals surface area contributed by atoms with Gasteiger partial charge in [-0.3, -0.25) is 0 Å². The molecule has 0 heterocycles. The molecule has 0 rings (SSSR count). The minimum absolute atomic E-state index is 0.188. The van der Waals surface area contributed by atoms with Crippen LogP contribution in [-0.2, 0) is 4.74 Å². The predicted octanol–water partition coefficient (Wildman–Crippen LogP) is 3.79. The lowest BCUT2D eigenvalue weighted by atomic mass is 10.3. The molecule has 0 aliphatic heterocycles. The maximum Gasteiger partial charge on any atom is 0.422 e. The van der Waals surface area contributed by atoms with E-state index in [0.29, 0.717) is 0 Å². The van der Waals surface area contributed by atoms with Crippen LogP contribution >= 0.6 is 0 Å². The summed E-state index contributed by atoms with van der Waals surface area (Å²) >= 11 is 0. The van der Waals surface area contributed by atoms with Gasteiger partial charge < -0.3 is 4.74 Å². The van der Waals surface area contributed by atoms with Gasteiger partial charge in [-0.2, -0.15) is 30.7 Å². The summed E-state index contributed by atoms with van der Waals surface area (Å²) in [4.78, 5) is 0. The van der Waals surface area contributed by atoms with Crippen molar-refractivity contribution in [1.82, 2.24) is 0 Å². The molecule has 0 aliphatic carbocycles. The number of hydrogen-bond donors (Lipinski definition) is 0. The molecule has 0 saturated carbocycles. The molecular weight excluding hydrogens is 252 g/mol. The van der Waals surface area contributed by atoms with E-state index in [1.807, 2.05) is 0 Å². The molecule has 0 aromatic rings. The van der Waals surface area contributed by atoms with Crippen molar-refractivity contribution in [3.63, 3.8) is 0 Å². The molecule has 16 heavy (non-hydrogen) atoms. The second-order valence-electron chi connectivity index (χ2n) is 2.57. The minimum atomic E-state index is -4.73. The fourth-order valence-electron chi connectivity index (χ4n) is 0.365. The number of alkyl halides is 8. The number of halogens is 8. The van der Waals surface area contributed by atoms with Crippen molar-refractivity contribution in [1.29, 1.82) is 0 Å². The third-order valence-corrected chi connectivity index (χ3v) is 0.919. The Labute approximate surface area is 86.4 Å². The van der Waals surface area contributed by atoms with Crippen molar-refractivity contribution >= 4 is 0 Å². The van der Waals surface area contributed by atoms with Gasteiger partial charge in [0.1, 0.15) is 0 Å². The monoisotopic (exact) mass is 262 g/mol. The normalized spacial score (nSPS) is 13.1. The fourth-order valence-corrected chi connectivity index (χ4v) is 0.365. The van der Waals surface area contributed by atoms with Gasteiger partial charge in [-0.25, -0.2) is 4.39 Å². The highest BCUT2D eigenvalue weighted by molar-refractivity contribution is 4.75. The molecule has 0 atom stereocenters. The van der Waals surface area contributed by atoms with Crippen molar-refractivity contribution in [2.75, 3.05) is 13.3 Å². The quantitative estimate of drug-likeness (QED) is 0.700. The van der Waals surface area contributed by atoms with Crippen LogP contribution in [0.2, 0.25) is 0 Å². The zero-order valence-electron chi connectivity index (χ0n) is 8.35. The van der Waals surface area contributed by atoms with Gasteiger partial charge in [-0.15, -0.1) is 0 Å². The molecule has 0 aromatic heterocycles. The van der Waals surface area contributed by atoms with Gasteiger partial charge in [0.25, 0.3) is 0 Å². The Bertz CT molecular complexity index is 181. The van der Waals surface area contributed by atoms with Crippen molar-refractivity contribution < 1.29 is 39.9 Å². The second-order valence-corrected chi connectivity index (χ2v) is 2.57. The molecule has 0 bridgehead atoms. The predicted molar refractivity (Wildman–Crippen MR) is 39.2 cm³/mol. The minimum Gasteiger partial charge on any atom is -0.316 e. The molecule has 0 spiro atoms. The van der Waals surface area contributed by atoms with Crippen LogP contribution in [0.25, 0.3) is 0 Å². The summed E-state index contributed by atoms with van der Waals surface area (Å²) in [6.07, 6.45) is -8.71. The van der Waals surface area contributed by atoms with Crippen LogP contribution in [0.15, 0.2) is 0 Å². The highest BCUT2D eigenvalue weighted by Crippen LogP contribution is 2.35. The fraction of sp³-hybridized carbons (Fsp3) is 1.00. The first-order chi connectivity index (χ1) is 6.87. The van der Waals surface area contributed by atoms with Gasteiger partial charge in [-0.1, -0.05) is 0 Å². The summed E-state index contributed by atoms with van der Waals surface area (Å²) in [5, 5.41) is 0. The van der Waals surface area contributed by atoms with Crippen LogP contribution in [0.1, 0.15) is 13.8 Å². The Balaban J connectivity index is 0. The number of ether oxygens (including phenoxy) is 1. The Morgan fingerprint density at radius 3 is 1.44 bits per heavy atom. The topological polar surface area (TPSA) is 9.23 Å². The Kier molecular flexibility index (Phi) is 6.91. The maximum atomic E-state index is 12.0. The first-order valence-electron chi connectivity index (χ1n) is 3.89. The Morgan fingerprint density at radius 2 is 1.25 bits per heavy atom. The van der Waals surface area contributed by atoms with Crippen molar-refractivity contribution in [3.05, 3.63) is 0 Å². The summed E-state index contributed by atoms with van der Waals surface area (Å²) < 4.78 is 93.4. The van der Waals surface area contributed by atoms with Crippen molar-refractivity contribution in [2.24, 2.45) is 0 Å². The molecule has 0 amide bonds. The zero-order chi connectivity index (χ0) is 13.6. The molecule has 0 N–H and O–H groups in total. The van der Waals surface area contributed by atoms with Crippen molar-refractivity contribution in [3.8, 4) is 0 Å². The van der Waals surface area contributed by atoms with E-state index in [-0.39, 0.29) is 6.92 Å². The molecule has 0 radical (unpaired) electrons. The molecule has 0 aliphatic rings. The first kappa shape index (κ1) is 17.8.